The van der Waals surface area contributed by atoms with Gasteiger partial charge in [0, 0.05) is 43.1 Å². The van der Waals surface area contributed by atoms with Gasteiger partial charge in [0.05, 0.1) is 24.7 Å². The van der Waals surface area contributed by atoms with Crippen molar-refractivity contribution in [3.63, 3.8) is 0 Å². The summed E-state index contributed by atoms with van der Waals surface area (Å²) in [6.45, 7) is 5.82. The summed E-state index contributed by atoms with van der Waals surface area (Å²) in [4.78, 5) is 12.7. The smallest absolute Gasteiger partial charge is 0.311 e. The average molecular weight is 479 g/mol. The van der Waals surface area contributed by atoms with E-state index in [-0.39, 0.29) is 42.1 Å². The van der Waals surface area contributed by atoms with E-state index < -0.39 is 30.1 Å². The van der Waals surface area contributed by atoms with Crippen LogP contribution >= 0.6 is 11.6 Å². The topological polar surface area (TPSA) is 85.2 Å². The molecule has 1 aliphatic carbocycles. The lowest BCUT2D eigenvalue weighted by atomic mass is 9.80. The lowest BCUT2D eigenvalue weighted by Gasteiger charge is -2.46. The largest absolute Gasteiger partial charge is 0.458 e. The number of esters is 1. The Morgan fingerprint density at radius 3 is 2.70 bits per heavy atom. The predicted molar refractivity (Wildman–Crippen MR) is 126 cm³/mol. The van der Waals surface area contributed by atoms with Gasteiger partial charge < -0.3 is 24.4 Å². The van der Waals surface area contributed by atoms with Crippen LogP contribution in [-0.4, -0.2) is 58.9 Å². The van der Waals surface area contributed by atoms with Gasteiger partial charge in [-0.25, -0.2) is 0 Å². The maximum atomic E-state index is 12.7. The first kappa shape index (κ1) is 26.0. The van der Waals surface area contributed by atoms with Gasteiger partial charge in [-0.3, -0.25) is 4.79 Å². The first-order valence-electron chi connectivity index (χ1n) is 11.6. The van der Waals surface area contributed by atoms with Gasteiger partial charge in [0.1, 0.15) is 6.10 Å². The molecule has 2 aliphatic heterocycles. The Balaban J connectivity index is 1.79. The number of fused-ring (bicyclic) bond motifs is 2. The number of hydrogen-bond acceptors (Lipinski definition) is 6. The minimum Gasteiger partial charge on any atom is -0.458 e. The first-order valence-corrected chi connectivity index (χ1v) is 12.0. The summed E-state index contributed by atoms with van der Waals surface area (Å²) in [5.41, 5.74) is 1.00. The van der Waals surface area contributed by atoms with Crippen molar-refractivity contribution < 1.29 is 29.2 Å². The predicted octanol–water partition coefficient (Wildman–Crippen LogP) is 3.51. The number of hydrogen-bond donors (Lipinski definition) is 2. The highest BCUT2D eigenvalue weighted by Crippen LogP contribution is 2.39. The molecule has 2 fully saturated rings. The van der Waals surface area contributed by atoms with Crippen LogP contribution in [0.2, 0.25) is 0 Å². The number of carbonyl (C=O) groups is 1. The summed E-state index contributed by atoms with van der Waals surface area (Å²) in [6, 6.07) is 0. The number of halogens is 1. The minimum absolute atomic E-state index is 0.0505. The van der Waals surface area contributed by atoms with Gasteiger partial charge in [-0.2, -0.15) is 0 Å². The number of methoxy groups -OCH3 is 1. The maximum Gasteiger partial charge on any atom is 0.311 e. The number of rotatable bonds is 3. The summed E-state index contributed by atoms with van der Waals surface area (Å²) >= 11 is 5.94. The third kappa shape index (κ3) is 7.18. The number of allylic oxidation sites excluding steroid dienone is 3. The zero-order valence-corrected chi connectivity index (χ0v) is 20.5. The summed E-state index contributed by atoms with van der Waals surface area (Å²) in [5, 5.41) is 21.8. The molecule has 2 heterocycles. The van der Waals surface area contributed by atoms with E-state index in [0.717, 1.165) is 12.0 Å². The number of aliphatic hydroxyl groups excluding tert-OH is 1. The van der Waals surface area contributed by atoms with Gasteiger partial charge in [-0.1, -0.05) is 49.5 Å². The van der Waals surface area contributed by atoms with Crippen molar-refractivity contribution in [1.29, 1.82) is 0 Å². The van der Waals surface area contributed by atoms with Crippen LogP contribution in [0.1, 0.15) is 46.5 Å². The van der Waals surface area contributed by atoms with E-state index in [4.69, 9.17) is 25.8 Å². The molecule has 3 rings (SSSR count). The molecule has 0 aromatic heterocycles. The van der Waals surface area contributed by atoms with Crippen molar-refractivity contribution in [2.75, 3.05) is 7.11 Å². The lowest BCUT2D eigenvalue weighted by Crippen LogP contribution is -2.55. The normalized spacial score (nSPS) is 43.6. The first-order chi connectivity index (χ1) is 15.6. The Kier molecular flexibility index (Phi) is 8.82. The Hall–Kier alpha value is -1.62. The highest BCUT2D eigenvalue weighted by molar-refractivity contribution is 6.22. The third-order valence-electron chi connectivity index (χ3n) is 6.59. The zero-order valence-electron chi connectivity index (χ0n) is 19.7. The molecule has 0 aromatic carbocycles. The number of ether oxygens (including phenoxy) is 3. The lowest BCUT2D eigenvalue weighted by molar-refractivity contribution is -0.301. The monoisotopic (exact) mass is 478 g/mol. The molecule has 0 unspecified atom stereocenters. The van der Waals surface area contributed by atoms with Crippen LogP contribution in [0.15, 0.2) is 36.0 Å². The molecular formula is C26H35ClO6. The van der Waals surface area contributed by atoms with Crippen LogP contribution in [0.4, 0.5) is 0 Å². The third-order valence-corrected chi connectivity index (χ3v) is 7.07. The van der Waals surface area contributed by atoms with Crippen LogP contribution in [0.25, 0.3) is 0 Å². The molecule has 2 bridgehead atoms. The maximum absolute atomic E-state index is 12.7. The van der Waals surface area contributed by atoms with E-state index in [1.54, 1.807) is 31.4 Å². The van der Waals surface area contributed by atoms with E-state index in [1.807, 2.05) is 26.8 Å². The van der Waals surface area contributed by atoms with Gasteiger partial charge in [0.15, 0.2) is 5.79 Å². The molecule has 33 heavy (non-hydrogen) atoms. The molecule has 2 N–H and O–H groups in total. The summed E-state index contributed by atoms with van der Waals surface area (Å²) in [6.07, 6.45) is 8.04. The van der Waals surface area contributed by atoms with Crippen molar-refractivity contribution in [2.24, 2.45) is 17.8 Å². The number of aliphatic hydroxyl groups is 2. The van der Waals surface area contributed by atoms with Gasteiger partial charge >= 0.3 is 5.97 Å². The van der Waals surface area contributed by atoms with E-state index in [0.29, 0.717) is 6.42 Å². The fourth-order valence-electron chi connectivity index (χ4n) is 4.47. The number of carbonyl (C=O) groups excluding carboxylic acids is 1. The molecule has 0 amide bonds. The van der Waals surface area contributed by atoms with E-state index in [2.05, 4.69) is 11.8 Å². The Bertz CT molecular complexity index is 855. The molecular weight excluding hydrogens is 444 g/mol. The van der Waals surface area contributed by atoms with Gasteiger partial charge in [0.25, 0.3) is 0 Å². The van der Waals surface area contributed by atoms with Crippen LogP contribution in [-0.2, 0) is 19.0 Å². The standard InChI is InChI=1S/C26H35ClO6/c1-16-11-20(10-8-6-5-7-9-19-13-21(19)27)32-24(29)15-26(30)14-22(28)17(2)25(33-26)18(3)23(12-16)31-4/h5-6,8,10,12,17-23,25,28,30H,11,13-15H2,1-4H3/b6-5+,10-8+,16-12+/t17-,18-,19+,20+,21+,22+,23-,25+,26+/m1/s1. The minimum atomic E-state index is -1.79. The van der Waals surface area contributed by atoms with Crippen LogP contribution < -0.4 is 0 Å². The molecule has 0 aromatic rings. The van der Waals surface area contributed by atoms with Crippen molar-refractivity contribution in [2.45, 2.75) is 82.0 Å². The highest BCUT2D eigenvalue weighted by atomic mass is 35.5. The average Bonchev–Trinajstić information content (AvgIpc) is 3.44. The molecule has 0 spiro atoms. The van der Waals surface area contributed by atoms with Gasteiger partial charge in [-0.15, -0.1) is 11.6 Å². The second-order valence-corrected chi connectivity index (χ2v) is 10.1. The Morgan fingerprint density at radius 2 is 2.03 bits per heavy atom. The second-order valence-electron chi connectivity index (χ2n) is 9.53. The van der Waals surface area contributed by atoms with Crippen molar-refractivity contribution in [3.05, 3.63) is 36.0 Å². The van der Waals surface area contributed by atoms with Gasteiger partial charge in [-0.05, 0) is 25.5 Å². The van der Waals surface area contributed by atoms with E-state index in [1.165, 1.54) is 0 Å². The zero-order chi connectivity index (χ0) is 24.2. The quantitative estimate of drug-likeness (QED) is 0.212. The molecule has 7 heteroatoms. The molecule has 182 valence electrons. The Morgan fingerprint density at radius 1 is 1.30 bits per heavy atom. The molecule has 6 nitrogen and oxygen atoms in total. The van der Waals surface area contributed by atoms with Gasteiger partial charge in [0.2, 0.25) is 0 Å². The van der Waals surface area contributed by atoms with Crippen molar-refractivity contribution in [3.8, 4) is 11.8 Å². The summed E-state index contributed by atoms with van der Waals surface area (Å²) in [7, 11) is 1.63. The SMILES string of the molecule is CO[C@@H]1/C=C(\C)C[C@H](/C=C/C=C/C#C[C@H]2C[C@@H]2Cl)OC(=O)C[C@]2(O)C[C@H](O)[C@@H](C)[C@H](O2)[C@@H]1C. The number of cyclic esters (lactones) is 1. The van der Waals surface area contributed by atoms with Crippen LogP contribution in [0.3, 0.4) is 0 Å². The van der Waals surface area contributed by atoms with E-state index in [9.17, 15) is 15.0 Å². The fourth-order valence-corrected chi connectivity index (χ4v) is 4.73. The molecule has 9 atom stereocenters. The van der Waals surface area contributed by atoms with E-state index >= 15 is 0 Å². The second kappa shape index (κ2) is 11.2. The highest BCUT2D eigenvalue weighted by Gasteiger charge is 2.48. The number of alkyl halides is 1. The fraction of sp³-hybridized carbons (Fsp3) is 0.654. The summed E-state index contributed by atoms with van der Waals surface area (Å²) in [5.74, 6) is 3.60. The van der Waals surface area contributed by atoms with Crippen molar-refractivity contribution in [1.82, 2.24) is 0 Å². The Labute approximate surface area is 201 Å². The van der Waals surface area contributed by atoms with Crippen LogP contribution in [0.5, 0.6) is 0 Å². The van der Waals surface area contributed by atoms with Crippen LogP contribution in [0, 0.1) is 29.6 Å². The van der Waals surface area contributed by atoms with Crippen molar-refractivity contribution >= 4 is 17.6 Å². The molecule has 0 radical (unpaired) electrons. The molecule has 1 saturated carbocycles. The molecule has 3 aliphatic rings. The summed E-state index contributed by atoms with van der Waals surface area (Å²) < 4.78 is 17.4. The molecule has 1 saturated heterocycles.